The highest BCUT2D eigenvalue weighted by Gasteiger charge is 2.70. The van der Waals surface area contributed by atoms with Gasteiger partial charge in [-0.2, -0.15) is 0 Å². The van der Waals surface area contributed by atoms with Gasteiger partial charge in [0.05, 0.1) is 12.7 Å². The van der Waals surface area contributed by atoms with Crippen LogP contribution in [-0.2, 0) is 4.74 Å². The summed E-state index contributed by atoms with van der Waals surface area (Å²) in [4.78, 5) is 2.70. The molecule has 2 bridgehead atoms. The van der Waals surface area contributed by atoms with E-state index in [-0.39, 0.29) is 16.4 Å². The lowest BCUT2D eigenvalue weighted by Crippen LogP contribution is -2.68. The molecule has 48 heavy (non-hydrogen) atoms. The highest BCUT2D eigenvalue weighted by Crippen LogP contribution is 2.76. The first-order valence-electron chi connectivity index (χ1n) is 19.7. The van der Waals surface area contributed by atoms with Gasteiger partial charge in [-0.25, -0.2) is 0 Å². The van der Waals surface area contributed by atoms with Gasteiger partial charge in [0.1, 0.15) is 0 Å². The van der Waals surface area contributed by atoms with E-state index in [0.29, 0.717) is 46.3 Å². The van der Waals surface area contributed by atoms with Crippen LogP contribution in [0.2, 0.25) is 0 Å². The Hall–Kier alpha value is -1.50. The van der Waals surface area contributed by atoms with Crippen LogP contribution in [0.15, 0.2) is 42.5 Å². The number of nitrogens with zero attached hydrogens (tertiary/aromatic N) is 1. The molecule has 1 aromatic rings. The molecule has 1 aromatic carbocycles. The predicted octanol–water partition coefficient (Wildman–Crippen LogP) is 8.14. The van der Waals surface area contributed by atoms with Gasteiger partial charge in [-0.3, -0.25) is 4.90 Å². The van der Waals surface area contributed by atoms with Crippen LogP contribution in [0.4, 0.5) is 0 Å². The smallest absolute Gasteiger partial charge is 0.178 e. The van der Waals surface area contributed by atoms with Gasteiger partial charge < -0.3 is 20.3 Å². The minimum atomic E-state index is -1.42. The summed E-state index contributed by atoms with van der Waals surface area (Å²) >= 11 is 0. The second-order valence-electron chi connectivity index (χ2n) is 19.1. The number of hydrogen-bond acceptors (Lipinski definition) is 5. The normalized spacial score (nSPS) is 46.1. The number of nitrogens with one attached hydrogen (secondary N) is 1. The quantitative estimate of drug-likeness (QED) is 0.204. The lowest BCUT2D eigenvalue weighted by Gasteiger charge is -2.72. The van der Waals surface area contributed by atoms with Crippen LogP contribution in [0.25, 0.3) is 5.57 Å². The Labute approximate surface area is 291 Å². The van der Waals surface area contributed by atoms with E-state index in [2.05, 4.69) is 76.5 Å². The predicted molar refractivity (Wildman–Crippen MR) is 194 cm³/mol. The highest BCUT2D eigenvalue weighted by atomic mass is 16.5. The van der Waals surface area contributed by atoms with E-state index in [1.165, 1.54) is 74.5 Å². The minimum absolute atomic E-state index is 0.0640. The zero-order valence-electron chi connectivity index (χ0n) is 30.9. The minimum Gasteiger partial charge on any atom is -0.375 e. The van der Waals surface area contributed by atoms with E-state index >= 15 is 0 Å². The molecule has 11 unspecified atom stereocenters. The molecule has 0 amide bonds. The van der Waals surface area contributed by atoms with Crippen LogP contribution >= 0.6 is 0 Å². The zero-order valence-corrected chi connectivity index (χ0v) is 30.9. The number of fused-ring (bicyclic) bond motifs is 9. The van der Waals surface area contributed by atoms with E-state index in [1.54, 1.807) is 0 Å². The molecule has 0 radical (unpaired) electrons. The maximum Gasteiger partial charge on any atom is 0.178 e. The van der Waals surface area contributed by atoms with E-state index in [0.717, 1.165) is 44.5 Å². The molecule has 8 rings (SSSR count). The summed E-state index contributed by atoms with van der Waals surface area (Å²) < 4.78 is 5.91. The van der Waals surface area contributed by atoms with Crippen LogP contribution in [-0.4, -0.2) is 59.0 Å². The molecule has 0 aromatic heterocycles. The summed E-state index contributed by atoms with van der Waals surface area (Å²) in [6.45, 7) is 24.5. The zero-order chi connectivity index (χ0) is 33.9. The Kier molecular flexibility index (Phi) is 8.06. The molecule has 4 saturated carbocycles. The Bertz CT molecular complexity index is 1450. The monoisotopic (exact) mass is 656 g/mol. The molecule has 5 aliphatic carbocycles. The van der Waals surface area contributed by atoms with Gasteiger partial charge in [0.15, 0.2) is 6.29 Å². The average Bonchev–Trinajstić information content (AvgIpc) is 3.76. The van der Waals surface area contributed by atoms with Crippen LogP contribution in [0.3, 0.4) is 0 Å². The van der Waals surface area contributed by atoms with Crippen molar-refractivity contribution in [3.8, 4) is 0 Å². The molecule has 2 aliphatic heterocycles. The molecule has 5 heteroatoms. The molecule has 3 N–H and O–H groups in total. The van der Waals surface area contributed by atoms with Crippen molar-refractivity contribution in [2.45, 2.75) is 130 Å². The van der Waals surface area contributed by atoms with Crippen molar-refractivity contribution in [1.29, 1.82) is 0 Å². The van der Waals surface area contributed by atoms with Crippen molar-refractivity contribution in [3.63, 3.8) is 0 Å². The number of hydrogen-bond donors (Lipinski definition) is 3. The highest BCUT2D eigenvalue weighted by molar-refractivity contribution is 5.71. The van der Waals surface area contributed by atoms with Gasteiger partial charge in [0, 0.05) is 36.8 Å². The van der Waals surface area contributed by atoms with Crippen molar-refractivity contribution in [1.82, 2.24) is 10.2 Å². The van der Waals surface area contributed by atoms with Gasteiger partial charge in [-0.1, -0.05) is 77.1 Å². The molecular weight excluding hydrogens is 592 g/mol. The van der Waals surface area contributed by atoms with Crippen molar-refractivity contribution in [2.24, 2.45) is 51.2 Å². The van der Waals surface area contributed by atoms with Gasteiger partial charge in [-0.15, -0.1) is 0 Å². The van der Waals surface area contributed by atoms with Crippen molar-refractivity contribution < 1.29 is 14.9 Å². The summed E-state index contributed by atoms with van der Waals surface area (Å²) in [6, 6.07) is 8.63. The number of aliphatic hydroxyl groups is 2. The third-order valence-electron chi connectivity index (χ3n) is 17.1. The number of aliphatic hydroxyl groups excluding tert-OH is 1. The fourth-order valence-corrected chi connectivity index (χ4v) is 14.6. The fraction of sp³-hybridized carbons (Fsp3) is 0.767. The molecule has 5 nitrogen and oxygen atoms in total. The maximum absolute atomic E-state index is 9.68. The largest absolute Gasteiger partial charge is 0.375 e. The van der Waals surface area contributed by atoms with Crippen LogP contribution < -0.4 is 5.32 Å². The summed E-state index contributed by atoms with van der Waals surface area (Å²) in [5, 5.41) is 23.7. The lowest BCUT2D eigenvalue weighted by molar-refractivity contribution is -0.219. The number of morpholine rings is 1. The summed E-state index contributed by atoms with van der Waals surface area (Å²) in [7, 11) is 0. The van der Waals surface area contributed by atoms with Crippen LogP contribution in [0, 0.1) is 51.2 Å². The lowest BCUT2D eigenvalue weighted by atomic mass is 9.33. The first-order chi connectivity index (χ1) is 22.7. The average molecular weight is 657 g/mol. The van der Waals surface area contributed by atoms with E-state index in [9.17, 15) is 10.2 Å². The third kappa shape index (κ3) is 4.72. The van der Waals surface area contributed by atoms with Gasteiger partial charge in [0.25, 0.3) is 0 Å². The molecule has 2 heterocycles. The number of rotatable bonds is 7. The molecule has 2 saturated heterocycles. The Morgan fingerprint density at radius 2 is 1.73 bits per heavy atom. The topological polar surface area (TPSA) is 65.0 Å². The number of likely N-dealkylation sites (tertiary alicyclic amines) is 1. The molecule has 0 spiro atoms. The number of ether oxygens (including phenoxy) is 1. The maximum atomic E-state index is 9.68. The second kappa shape index (κ2) is 11.5. The van der Waals surface area contributed by atoms with Crippen LogP contribution in [0.5, 0.6) is 0 Å². The number of benzene rings is 1. The molecule has 6 fully saturated rings. The Morgan fingerprint density at radius 3 is 2.40 bits per heavy atom. The van der Waals surface area contributed by atoms with Gasteiger partial charge >= 0.3 is 0 Å². The molecular formula is C43H64N2O3. The summed E-state index contributed by atoms with van der Waals surface area (Å²) in [6.07, 6.45) is 14.7. The summed E-state index contributed by atoms with van der Waals surface area (Å²) in [5.41, 5.74) is 5.97. The first kappa shape index (κ1) is 33.6. The molecule has 7 aliphatic rings. The van der Waals surface area contributed by atoms with E-state index < -0.39 is 6.29 Å². The van der Waals surface area contributed by atoms with Crippen molar-refractivity contribution in [2.75, 3.05) is 26.2 Å². The Balaban J connectivity index is 1.06. The summed E-state index contributed by atoms with van der Waals surface area (Å²) in [5.74, 6) is 3.46. The third-order valence-corrected chi connectivity index (χ3v) is 17.1. The Morgan fingerprint density at radius 1 is 0.958 bits per heavy atom. The van der Waals surface area contributed by atoms with E-state index in [4.69, 9.17) is 4.74 Å². The van der Waals surface area contributed by atoms with Gasteiger partial charge in [-0.05, 0) is 134 Å². The molecule has 264 valence electrons. The van der Waals surface area contributed by atoms with Crippen molar-refractivity contribution >= 4 is 5.57 Å². The second-order valence-corrected chi connectivity index (χ2v) is 19.1. The SMILES string of the molecule is C=C(C)C1CCC2(NCCN3CC4CC3CO4)CCC3(C)C(CCC4C5(C)CC=C(c6ccc(C(O)O)cc6)C(C)(C)C5CCC43C)C12. The van der Waals surface area contributed by atoms with Crippen molar-refractivity contribution in [3.05, 3.63) is 53.6 Å². The van der Waals surface area contributed by atoms with E-state index in [1.807, 2.05) is 12.1 Å². The standard InChI is InChI=1S/C43H64N2O3/c1-27(2)32-14-19-43(44-22-23-45-25-31-24-30(45)26-48-31)21-20-41(6)34(37(32)43)12-13-36-40(5)17-15-33(28-8-10-29(11-9-28)38(46)47)39(3,4)35(40)16-18-42(36,41)7/h8-11,15,30-32,34-38,44,46-47H,1,12-14,16-26H2,2-7H3. The van der Waals surface area contributed by atoms with Gasteiger partial charge in [0.2, 0.25) is 0 Å². The van der Waals surface area contributed by atoms with Crippen LogP contribution in [0.1, 0.15) is 123 Å². The first-order valence-corrected chi connectivity index (χ1v) is 19.7. The fourth-order valence-electron chi connectivity index (χ4n) is 14.6. The number of allylic oxidation sites excluding steroid dienone is 3. The molecule has 11 atom stereocenters.